The van der Waals surface area contributed by atoms with Crippen LogP contribution in [0.2, 0.25) is 0 Å². The van der Waals surface area contributed by atoms with Crippen molar-refractivity contribution in [1.29, 1.82) is 0 Å². The summed E-state index contributed by atoms with van der Waals surface area (Å²) in [5.41, 5.74) is 9.39. The zero-order valence-electron chi connectivity index (χ0n) is 4.89. The average molecular weight is 134 g/mol. The molecule has 0 unspecified atom stereocenters. The fourth-order valence-corrected chi connectivity index (χ4v) is 0.246. The van der Waals surface area contributed by atoms with Gasteiger partial charge in [0.25, 0.3) is 0 Å². The van der Waals surface area contributed by atoms with Crippen LogP contribution in [0.4, 0.5) is 0 Å². The van der Waals surface area contributed by atoms with Crippen LogP contribution < -0.4 is 11.5 Å². The predicted molar refractivity (Wildman–Crippen MR) is 31.2 cm³/mol. The Labute approximate surface area is 52.3 Å². The van der Waals surface area contributed by atoms with Gasteiger partial charge in [-0.3, -0.25) is 9.59 Å². The molecule has 9 heavy (non-hydrogen) atoms. The molecule has 6 N–H and O–H groups in total. The molecule has 0 bridgehead atoms. The third-order valence-electron chi connectivity index (χ3n) is 0.618. The standard InChI is InChI=1S/C4H8N2O2.H2O/c5-3(7)1-2-4(6)8;/h1-2H2,(H2,5,7)(H2,6,8);1H2. The highest BCUT2D eigenvalue weighted by atomic mass is 16.2. The SMILES string of the molecule is NC(=O)CCC(N)=O.O. The van der Waals surface area contributed by atoms with Crippen LogP contribution in [0.5, 0.6) is 0 Å². The first-order valence-corrected chi connectivity index (χ1v) is 2.19. The lowest BCUT2D eigenvalue weighted by Gasteiger charge is -1.87. The van der Waals surface area contributed by atoms with Crippen molar-refractivity contribution in [3.8, 4) is 0 Å². The topological polar surface area (TPSA) is 118 Å². The highest BCUT2D eigenvalue weighted by Gasteiger charge is 1.96. The molecule has 0 saturated heterocycles. The minimum absolute atomic E-state index is 0. The van der Waals surface area contributed by atoms with Crippen molar-refractivity contribution in [2.75, 3.05) is 0 Å². The lowest BCUT2D eigenvalue weighted by molar-refractivity contribution is -0.123. The Balaban J connectivity index is 0. The minimum atomic E-state index is -0.496. The van der Waals surface area contributed by atoms with E-state index in [-0.39, 0.29) is 18.3 Å². The first-order chi connectivity index (χ1) is 3.63. The second-order valence-electron chi connectivity index (χ2n) is 1.43. The van der Waals surface area contributed by atoms with E-state index in [0.29, 0.717) is 0 Å². The van der Waals surface area contributed by atoms with Gasteiger partial charge >= 0.3 is 0 Å². The third-order valence-corrected chi connectivity index (χ3v) is 0.618. The minimum Gasteiger partial charge on any atom is -0.412 e. The summed E-state index contributed by atoms with van der Waals surface area (Å²) in [5.74, 6) is -0.993. The van der Waals surface area contributed by atoms with Crippen molar-refractivity contribution < 1.29 is 15.1 Å². The smallest absolute Gasteiger partial charge is 0.217 e. The Kier molecular flexibility index (Phi) is 6.06. The van der Waals surface area contributed by atoms with Gasteiger partial charge in [-0.2, -0.15) is 0 Å². The molecule has 0 atom stereocenters. The fraction of sp³-hybridized carbons (Fsp3) is 0.500. The molecule has 0 rings (SSSR count). The third kappa shape index (κ3) is 10.9. The van der Waals surface area contributed by atoms with Gasteiger partial charge < -0.3 is 16.9 Å². The maximum Gasteiger partial charge on any atom is 0.217 e. The van der Waals surface area contributed by atoms with Crippen molar-refractivity contribution in [2.45, 2.75) is 12.8 Å². The largest absolute Gasteiger partial charge is 0.412 e. The van der Waals surface area contributed by atoms with E-state index >= 15 is 0 Å². The number of rotatable bonds is 3. The van der Waals surface area contributed by atoms with Crippen molar-refractivity contribution in [3.05, 3.63) is 0 Å². The molecule has 0 spiro atoms. The Morgan fingerprint density at radius 3 is 1.33 bits per heavy atom. The summed E-state index contributed by atoms with van der Waals surface area (Å²) >= 11 is 0. The van der Waals surface area contributed by atoms with Crippen molar-refractivity contribution >= 4 is 11.8 Å². The first kappa shape index (κ1) is 10.8. The van der Waals surface area contributed by atoms with Gasteiger partial charge in [0, 0.05) is 12.8 Å². The second kappa shape index (κ2) is 5.04. The van der Waals surface area contributed by atoms with Gasteiger partial charge in [-0.05, 0) is 0 Å². The molecule has 0 aromatic carbocycles. The number of hydrogen-bond acceptors (Lipinski definition) is 2. The van der Waals surface area contributed by atoms with Gasteiger partial charge in [0.15, 0.2) is 0 Å². The van der Waals surface area contributed by atoms with Crippen LogP contribution in [-0.2, 0) is 9.59 Å². The summed E-state index contributed by atoms with van der Waals surface area (Å²) in [6.45, 7) is 0. The molecule has 0 aliphatic heterocycles. The van der Waals surface area contributed by atoms with E-state index in [1.54, 1.807) is 0 Å². The molecule has 0 aliphatic carbocycles. The van der Waals surface area contributed by atoms with Gasteiger partial charge in [0.05, 0.1) is 0 Å². The molecule has 5 nitrogen and oxygen atoms in total. The zero-order chi connectivity index (χ0) is 6.57. The number of nitrogens with two attached hydrogens (primary N) is 2. The molecular formula is C4H10N2O3. The van der Waals surface area contributed by atoms with E-state index in [1.165, 1.54) is 0 Å². The van der Waals surface area contributed by atoms with Gasteiger partial charge in [-0.15, -0.1) is 0 Å². The van der Waals surface area contributed by atoms with E-state index in [2.05, 4.69) is 0 Å². The van der Waals surface area contributed by atoms with Crippen molar-refractivity contribution in [1.82, 2.24) is 0 Å². The molecule has 5 heteroatoms. The Hall–Kier alpha value is -1.10. The first-order valence-electron chi connectivity index (χ1n) is 2.19. The molecule has 0 heterocycles. The number of hydrogen-bond donors (Lipinski definition) is 2. The molecule has 54 valence electrons. The summed E-state index contributed by atoms with van der Waals surface area (Å²) in [5, 5.41) is 0. The van der Waals surface area contributed by atoms with E-state index in [1.807, 2.05) is 0 Å². The Morgan fingerprint density at radius 1 is 1.00 bits per heavy atom. The van der Waals surface area contributed by atoms with E-state index in [0.717, 1.165) is 0 Å². The molecule has 0 aliphatic rings. The zero-order valence-corrected chi connectivity index (χ0v) is 4.89. The van der Waals surface area contributed by atoms with E-state index in [9.17, 15) is 9.59 Å². The highest BCUT2D eigenvalue weighted by Crippen LogP contribution is 1.82. The summed E-state index contributed by atoms with van der Waals surface area (Å²) < 4.78 is 0. The number of amides is 2. The summed E-state index contributed by atoms with van der Waals surface area (Å²) in [6, 6.07) is 0. The predicted octanol–water partition coefficient (Wildman–Crippen LogP) is -2.09. The Morgan fingerprint density at radius 2 is 1.22 bits per heavy atom. The average Bonchev–Trinajstić information content (AvgIpc) is 1.61. The number of carbonyl (C=O) groups excluding carboxylic acids is 2. The monoisotopic (exact) mass is 134 g/mol. The molecule has 0 radical (unpaired) electrons. The lowest BCUT2D eigenvalue weighted by Crippen LogP contribution is -2.16. The molecule has 0 aromatic rings. The lowest BCUT2D eigenvalue weighted by atomic mass is 10.3. The maximum atomic E-state index is 9.92. The van der Waals surface area contributed by atoms with Crippen LogP contribution in [0.15, 0.2) is 0 Å². The van der Waals surface area contributed by atoms with Crippen LogP contribution in [0.1, 0.15) is 12.8 Å². The fourth-order valence-electron chi connectivity index (χ4n) is 0.246. The summed E-state index contributed by atoms with van der Waals surface area (Å²) in [7, 11) is 0. The molecule has 0 aromatic heterocycles. The Bertz CT molecular complexity index is 98.4. The van der Waals surface area contributed by atoms with E-state index in [4.69, 9.17) is 11.5 Å². The van der Waals surface area contributed by atoms with Crippen LogP contribution in [0.25, 0.3) is 0 Å². The summed E-state index contributed by atoms with van der Waals surface area (Å²) in [4.78, 5) is 19.8. The normalized spacial score (nSPS) is 7.56. The second-order valence-corrected chi connectivity index (χ2v) is 1.43. The van der Waals surface area contributed by atoms with Crippen molar-refractivity contribution in [3.63, 3.8) is 0 Å². The van der Waals surface area contributed by atoms with E-state index < -0.39 is 11.8 Å². The van der Waals surface area contributed by atoms with Crippen LogP contribution in [-0.4, -0.2) is 17.3 Å². The summed E-state index contributed by atoms with van der Waals surface area (Å²) in [6.07, 6.45) is 0.102. The van der Waals surface area contributed by atoms with Gasteiger partial charge in [-0.25, -0.2) is 0 Å². The number of primary amides is 2. The van der Waals surface area contributed by atoms with Gasteiger partial charge in [-0.1, -0.05) is 0 Å². The van der Waals surface area contributed by atoms with Crippen LogP contribution in [0.3, 0.4) is 0 Å². The molecular weight excluding hydrogens is 124 g/mol. The highest BCUT2D eigenvalue weighted by molar-refractivity contribution is 5.81. The molecule has 2 amide bonds. The van der Waals surface area contributed by atoms with Crippen molar-refractivity contribution in [2.24, 2.45) is 11.5 Å². The maximum absolute atomic E-state index is 9.92. The quantitative estimate of drug-likeness (QED) is 0.460. The molecule has 0 saturated carbocycles. The van der Waals surface area contributed by atoms with Crippen LogP contribution in [0, 0.1) is 0 Å². The molecule has 0 fully saturated rings. The van der Waals surface area contributed by atoms with Gasteiger partial charge in [0.2, 0.25) is 11.8 Å². The number of carbonyl (C=O) groups is 2. The van der Waals surface area contributed by atoms with Crippen LogP contribution >= 0.6 is 0 Å². The van der Waals surface area contributed by atoms with Gasteiger partial charge in [0.1, 0.15) is 0 Å².